The maximum absolute atomic E-state index is 13.0. The monoisotopic (exact) mass is 481 g/mol. The van der Waals surface area contributed by atoms with Crippen LogP contribution in [-0.4, -0.2) is 24.1 Å². The summed E-state index contributed by atoms with van der Waals surface area (Å²) in [6, 6.07) is 34.1. The molecular formula is C31H31NO4. The number of nitrogens with one attached hydrogen (secondary N) is 1. The third-order valence-corrected chi connectivity index (χ3v) is 6.05. The van der Waals surface area contributed by atoms with Gasteiger partial charge >= 0.3 is 0 Å². The average molecular weight is 482 g/mol. The fourth-order valence-corrected chi connectivity index (χ4v) is 3.97. The van der Waals surface area contributed by atoms with Crippen molar-refractivity contribution in [3.05, 3.63) is 126 Å². The lowest BCUT2D eigenvalue weighted by Gasteiger charge is -2.25. The van der Waals surface area contributed by atoms with Gasteiger partial charge in [0.25, 0.3) is 0 Å². The summed E-state index contributed by atoms with van der Waals surface area (Å²) >= 11 is 0. The van der Waals surface area contributed by atoms with Crippen LogP contribution < -0.4 is 14.8 Å². The molecule has 4 rings (SSSR count). The maximum atomic E-state index is 13.0. The number of aliphatic hydroxyl groups excluding tert-OH is 1. The number of hydrogen-bond acceptors (Lipinski definition) is 5. The molecule has 184 valence electrons. The van der Waals surface area contributed by atoms with Gasteiger partial charge in [0.2, 0.25) is 0 Å². The van der Waals surface area contributed by atoms with Crippen LogP contribution >= 0.6 is 0 Å². The molecule has 0 spiro atoms. The molecule has 0 amide bonds. The van der Waals surface area contributed by atoms with Crippen molar-refractivity contribution in [3.63, 3.8) is 0 Å². The standard InChI is InChI=1S/C31H31NO4/c1-35-27-19-15-26(16-20-27)32-30(31(34)29(33)21-12-23-8-4-2-5-9-23)25-13-17-28(18-14-25)36-22-24-10-6-3-7-11-24/h2-11,13-20,30-32,34H,12,21-22H2,1H3. The lowest BCUT2D eigenvalue weighted by molar-refractivity contribution is -0.127. The van der Waals surface area contributed by atoms with Gasteiger partial charge < -0.3 is 19.9 Å². The molecule has 2 unspecified atom stereocenters. The minimum absolute atomic E-state index is 0.214. The van der Waals surface area contributed by atoms with Crippen molar-refractivity contribution >= 4 is 11.5 Å². The number of anilines is 1. The molecule has 0 radical (unpaired) electrons. The van der Waals surface area contributed by atoms with Gasteiger partial charge in [-0.15, -0.1) is 0 Å². The molecule has 0 saturated heterocycles. The van der Waals surface area contributed by atoms with Crippen LogP contribution in [0.1, 0.15) is 29.2 Å². The molecule has 36 heavy (non-hydrogen) atoms. The molecule has 0 saturated carbocycles. The smallest absolute Gasteiger partial charge is 0.164 e. The van der Waals surface area contributed by atoms with E-state index in [0.29, 0.717) is 13.0 Å². The van der Waals surface area contributed by atoms with Gasteiger partial charge in [0.15, 0.2) is 5.78 Å². The Kier molecular flexibility index (Phi) is 8.73. The van der Waals surface area contributed by atoms with Gasteiger partial charge in [-0.25, -0.2) is 0 Å². The van der Waals surface area contributed by atoms with Crippen molar-refractivity contribution in [3.8, 4) is 11.5 Å². The predicted molar refractivity (Wildman–Crippen MR) is 142 cm³/mol. The Morgan fingerprint density at radius 2 is 1.36 bits per heavy atom. The van der Waals surface area contributed by atoms with Crippen molar-refractivity contribution in [2.45, 2.75) is 31.6 Å². The van der Waals surface area contributed by atoms with E-state index in [4.69, 9.17) is 9.47 Å². The topological polar surface area (TPSA) is 67.8 Å². The Labute approximate surface area is 212 Å². The first-order valence-corrected chi connectivity index (χ1v) is 12.0. The number of benzene rings is 4. The highest BCUT2D eigenvalue weighted by Crippen LogP contribution is 2.27. The molecule has 0 heterocycles. The minimum atomic E-state index is -1.22. The SMILES string of the molecule is COc1ccc(NC(c2ccc(OCc3ccccc3)cc2)C(O)C(=O)CCc2ccccc2)cc1. The van der Waals surface area contributed by atoms with Crippen LogP contribution in [0.3, 0.4) is 0 Å². The molecule has 2 N–H and O–H groups in total. The molecule has 0 aliphatic carbocycles. The Balaban J connectivity index is 1.48. The molecule has 0 bridgehead atoms. The predicted octanol–water partition coefficient (Wildman–Crippen LogP) is 5.99. The summed E-state index contributed by atoms with van der Waals surface area (Å²) in [4.78, 5) is 13.0. The van der Waals surface area contributed by atoms with Crippen molar-refractivity contribution < 1.29 is 19.4 Å². The summed E-state index contributed by atoms with van der Waals surface area (Å²) in [5.74, 6) is 1.24. The summed E-state index contributed by atoms with van der Waals surface area (Å²) in [5, 5.41) is 14.5. The molecule has 0 fully saturated rings. The molecule has 0 aromatic heterocycles. The highest BCUT2D eigenvalue weighted by atomic mass is 16.5. The maximum Gasteiger partial charge on any atom is 0.164 e. The normalized spacial score (nSPS) is 12.4. The van der Waals surface area contributed by atoms with Gasteiger partial charge in [-0.1, -0.05) is 72.8 Å². The number of hydrogen-bond donors (Lipinski definition) is 2. The quantitative estimate of drug-likeness (QED) is 0.260. The van der Waals surface area contributed by atoms with Crippen molar-refractivity contribution in [2.24, 2.45) is 0 Å². The first kappa shape index (κ1) is 25.0. The van der Waals surface area contributed by atoms with E-state index >= 15 is 0 Å². The van der Waals surface area contributed by atoms with Crippen LogP contribution in [0, 0.1) is 0 Å². The zero-order chi connectivity index (χ0) is 25.2. The number of ketones is 1. The van der Waals surface area contributed by atoms with Crippen LogP contribution in [0.2, 0.25) is 0 Å². The molecule has 5 heteroatoms. The number of rotatable bonds is 12. The minimum Gasteiger partial charge on any atom is -0.497 e. The highest BCUT2D eigenvalue weighted by molar-refractivity contribution is 5.84. The van der Waals surface area contributed by atoms with Crippen LogP contribution in [0.15, 0.2) is 109 Å². The van der Waals surface area contributed by atoms with Gasteiger partial charge in [0.1, 0.15) is 24.2 Å². The summed E-state index contributed by atoms with van der Waals surface area (Å²) in [6.45, 7) is 0.467. The lowest BCUT2D eigenvalue weighted by atomic mass is 9.95. The molecule has 2 atom stereocenters. The van der Waals surface area contributed by atoms with Gasteiger partial charge in [-0.2, -0.15) is 0 Å². The van der Waals surface area contributed by atoms with Gasteiger partial charge in [-0.3, -0.25) is 4.79 Å². The molecule has 4 aromatic carbocycles. The lowest BCUT2D eigenvalue weighted by Crippen LogP contribution is -2.33. The van der Waals surface area contributed by atoms with E-state index in [-0.39, 0.29) is 12.2 Å². The van der Waals surface area contributed by atoms with E-state index in [1.54, 1.807) is 7.11 Å². The second kappa shape index (κ2) is 12.6. The van der Waals surface area contributed by atoms with E-state index in [1.807, 2.05) is 109 Å². The fraction of sp³-hybridized carbons (Fsp3) is 0.194. The molecule has 4 aromatic rings. The van der Waals surface area contributed by atoms with Crippen molar-refractivity contribution in [2.75, 3.05) is 12.4 Å². The van der Waals surface area contributed by atoms with Gasteiger partial charge in [0, 0.05) is 12.1 Å². The summed E-state index contributed by atoms with van der Waals surface area (Å²) in [7, 11) is 1.61. The summed E-state index contributed by atoms with van der Waals surface area (Å²) in [6.07, 6.45) is -0.380. The van der Waals surface area contributed by atoms with E-state index in [2.05, 4.69) is 5.32 Å². The third-order valence-electron chi connectivity index (χ3n) is 6.05. The van der Waals surface area contributed by atoms with E-state index < -0.39 is 12.1 Å². The van der Waals surface area contributed by atoms with Gasteiger partial charge in [-0.05, 0) is 59.5 Å². The average Bonchev–Trinajstić information content (AvgIpc) is 2.95. The molecule has 0 aliphatic heterocycles. The Morgan fingerprint density at radius 1 is 0.778 bits per heavy atom. The number of ether oxygens (including phenoxy) is 2. The zero-order valence-corrected chi connectivity index (χ0v) is 20.3. The largest absolute Gasteiger partial charge is 0.497 e. The number of carbonyl (C=O) groups is 1. The molecular weight excluding hydrogens is 450 g/mol. The Hall–Kier alpha value is -4.09. The van der Waals surface area contributed by atoms with Gasteiger partial charge in [0.05, 0.1) is 13.2 Å². The molecule has 5 nitrogen and oxygen atoms in total. The zero-order valence-electron chi connectivity index (χ0n) is 20.3. The first-order valence-electron chi connectivity index (χ1n) is 12.0. The van der Waals surface area contributed by atoms with E-state index in [1.165, 1.54) is 0 Å². The summed E-state index contributed by atoms with van der Waals surface area (Å²) < 4.78 is 11.1. The Bertz CT molecular complexity index is 1210. The number of methoxy groups -OCH3 is 1. The Morgan fingerprint density at radius 3 is 1.97 bits per heavy atom. The van der Waals surface area contributed by atoms with E-state index in [9.17, 15) is 9.90 Å². The third kappa shape index (κ3) is 6.96. The van der Waals surface area contributed by atoms with Crippen LogP contribution in [-0.2, 0) is 17.8 Å². The summed E-state index contributed by atoms with van der Waals surface area (Å²) in [5.41, 5.74) is 3.72. The fourth-order valence-electron chi connectivity index (χ4n) is 3.97. The second-order valence-electron chi connectivity index (χ2n) is 8.59. The number of aryl methyl sites for hydroxylation is 1. The van der Waals surface area contributed by atoms with E-state index in [0.717, 1.165) is 33.9 Å². The molecule has 0 aliphatic rings. The van der Waals surface area contributed by atoms with Crippen molar-refractivity contribution in [1.29, 1.82) is 0 Å². The highest BCUT2D eigenvalue weighted by Gasteiger charge is 2.27. The number of carbonyl (C=O) groups excluding carboxylic acids is 1. The second-order valence-corrected chi connectivity index (χ2v) is 8.59. The van der Waals surface area contributed by atoms with Crippen LogP contribution in [0.5, 0.6) is 11.5 Å². The number of Topliss-reactive ketones (excluding diaryl/α,β-unsaturated/α-hetero) is 1. The van der Waals surface area contributed by atoms with Crippen LogP contribution in [0.25, 0.3) is 0 Å². The number of aliphatic hydroxyl groups is 1. The van der Waals surface area contributed by atoms with Crippen LogP contribution in [0.4, 0.5) is 5.69 Å². The first-order chi connectivity index (χ1) is 17.6. The van der Waals surface area contributed by atoms with Crippen molar-refractivity contribution in [1.82, 2.24) is 0 Å².